The normalized spacial score (nSPS) is 11.7. The summed E-state index contributed by atoms with van der Waals surface area (Å²) in [6, 6.07) is 8.29. The predicted octanol–water partition coefficient (Wildman–Crippen LogP) is 4.23. The first-order valence-corrected chi connectivity index (χ1v) is 8.08. The van der Waals surface area contributed by atoms with E-state index in [0.29, 0.717) is 18.5 Å². The van der Waals surface area contributed by atoms with Crippen molar-refractivity contribution in [3.05, 3.63) is 52.6 Å². The zero-order valence-electron chi connectivity index (χ0n) is 14.6. The molecule has 23 heavy (non-hydrogen) atoms. The van der Waals surface area contributed by atoms with E-state index in [0.717, 1.165) is 5.56 Å². The van der Waals surface area contributed by atoms with Gasteiger partial charge >= 0.3 is 0 Å². The lowest BCUT2D eigenvalue weighted by Gasteiger charge is -2.19. The van der Waals surface area contributed by atoms with Gasteiger partial charge in [0.15, 0.2) is 11.6 Å². The van der Waals surface area contributed by atoms with Gasteiger partial charge in [-0.3, -0.25) is 9.48 Å². The van der Waals surface area contributed by atoms with E-state index in [1.54, 1.807) is 7.05 Å². The molecule has 0 atom stereocenters. The lowest BCUT2D eigenvalue weighted by Crippen LogP contribution is -2.11. The van der Waals surface area contributed by atoms with Gasteiger partial charge in [-0.05, 0) is 29.4 Å². The molecule has 0 spiro atoms. The summed E-state index contributed by atoms with van der Waals surface area (Å²) < 4.78 is 15.5. The van der Waals surface area contributed by atoms with Crippen LogP contribution < -0.4 is 0 Å². The lowest BCUT2D eigenvalue weighted by molar-refractivity contribution is 0.0969. The second-order valence-corrected chi connectivity index (χ2v) is 6.96. The van der Waals surface area contributed by atoms with Gasteiger partial charge in [-0.15, -0.1) is 0 Å². The smallest absolute Gasteiger partial charge is 0.184 e. The van der Waals surface area contributed by atoms with Crippen molar-refractivity contribution in [1.82, 2.24) is 9.78 Å². The van der Waals surface area contributed by atoms with Crippen molar-refractivity contribution in [2.24, 2.45) is 7.05 Å². The van der Waals surface area contributed by atoms with Crippen molar-refractivity contribution in [3.8, 4) is 0 Å². The molecule has 124 valence electrons. The number of Topliss-reactive ketones (excluding diaryl/α,β-unsaturated/α-hetero) is 1. The van der Waals surface area contributed by atoms with Crippen molar-refractivity contribution >= 4 is 5.78 Å². The van der Waals surface area contributed by atoms with E-state index in [9.17, 15) is 9.18 Å². The van der Waals surface area contributed by atoms with Crippen LogP contribution in [0.3, 0.4) is 0 Å². The fraction of sp³-hybridized carbons (Fsp3) is 0.474. The first-order valence-electron chi connectivity index (χ1n) is 8.08. The molecule has 0 aliphatic carbocycles. The van der Waals surface area contributed by atoms with Gasteiger partial charge < -0.3 is 0 Å². The molecule has 3 nitrogen and oxygen atoms in total. The minimum absolute atomic E-state index is 0.0909. The van der Waals surface area contributed by atoms with E-state index >= 15 is 0 Å². The topological polar surface area (TPSA) is 34.9 Å². The quantitative estimate of drug-likeness (QED) is 0.774. The Labute approximate surface area is 137 Å². The number of carbonyl (C=O) groups excluding carboxylic acids is 1. The van der Waals surface area contributed by atoms with Gasteiger partial charge in [0.2, 0.25) is 0 Å². The number of nitrogens with zero attached hydrogens (tertiary/aromatic N) is 2. The maximum atomic E-state index is 14.1. The van der Waals surface area contributed by atoms with E-state index in [1.165, 1.54) is 10.2 Å². The second-order valence-electron chi connectivity index (χ2n) is 6.96. The number of carbonyl (C=O) groups is 1. The van der Waals surface area contributed by atoms with Crippen LogP contribution in [0.25, 0.3) is 0 Å². The first kappa shape index (κ1) is 17.4. The van der Waals surface area contributed by atoms with E-state index in [4.69, 9.17) is 0 Å². The van der Waals surface area contributed by atoms with E-state index in [1.807, 2.05) is 19.1 Å². The molecule has 1 heterocycles. The van der Waals surface area contributed by atoms with Crippen LogP contribution >= 0.6 is 0 Å². The molecule has 0 aliphatic heterocycles. The van der Waals surface area contributed by atoms with Crippen molar-refractivity contribution in [3.63, 3.8) is 0 Å². The number of hydrogen-bond acceptors (Lipinski definition) is 2. The largest absolute Gasteiger partial charge is 0.292 e. The summed E-state index contributed by atoms with van der Waals surface area (Å²) in [6.45, 7) is 8.34. The molecule has 0 amide bonds. The van der Waals surface area contributed by atoms with Crippen molar-refractivity contribution < 1.29 is 9.18 Å². The van der Waals surface area contributed by atoms with Gasteiger partial charge in [0.25, 0.3) is 0 Å². The highest BCUT2D eigenvalue weighted by Gasteiger charge is 2.21. The molecule has 4 heteroatoms. The molecule has 1 aromatic carbocycles. The second kappa shape index (κ2) is 6.65. The number of rotatable bonds is 5. The molecule has 0 N–H and O–H groups in total. The number of benzene rings is 1. The van der Waals surface area contributed by atoms with Crippen LogP contribution in [-0.4, -0.2) is 15.6 Å². The Morgan fingerprint density at radius 1 is 1.22 bits per heavy atom. The first-order chi connectivity index (χ1) is 10.7. The SMILES string of the molecule is CCc1nn(C)c(C(=O)CCc2ccc(C(C)(C)C)cc2)c1[18F]. The van der Waals surface area contributed by atoms with E-state index in [2.05, 4.69) is 38.0 Å². The van der Waals surface area contributed by atoms with E-state index < -0.39 is 5.82 Å². The number of halogens is 1. The fourth-order valence-corrected chi connectivity index (χ4v) is 2.63. The molecule has 1 aromatic heterocycles. The molecule has 0 fully saturated rings. The van der Waals surface area contributed by atoms with Crippen molar-refractivity contribution in [2.45, 2.75) is 52.4 Å². The average molecular weight is 315 g/mol. The summed E-state index contributed by atoms with van der Waals surface area (Å²) >= 11 is 0. The van der Waals surface area contributed by atoms with Gasteiger partial charge in [0, 0.05) is 13.5 Å². The van der Waals surface area contributed by atoms with Crippen LogP contribution in [0, 0.1) is 5.82 Å². The van der Waals surface area contributed by atoms with Crippen molar-refractivity contribution in [1.29, 1.82) is 0 Å². The third kappa shape index (κ3) is 3.87. The number of hydrogen-bond donors (Lipinski definition) is 0. The highest BCUT2D eigenvalue weighted by molar-refractivity contribution is 5.95. The van der Waals surface area contributed by atoms with Crippen LogP contribution in [0.15, 0.2) is 24.3 Å². The number of aromatic nitrogens is 2. The summed E-state index contributed by atoms with van der Waals surface area (Å²) in [5.41, 5.74) is 2.91. The van der Waals surface area contributed by atoms with Gasteiger partial charge in [-0.1, -0.05) is 52.0 Å². The Morgan fingerprint density at radius 2 is 1.83 bits per heavy atom. The molecule has 0 bridgehead atoms. The maximum absolute atomic E-state index is 14.1. The minimum Gasteiger partial charge on any atom is -0.292 e. The average Bonchev–Trinajstić information content (AvgIpc) is 2.78. The Morgan fingerprint density at radius 3 is 2.30 bits per heavy atom. The van der Waals surface area contributed by atoms with Crippen molar-refractivity contribution in [2.75, 3.05) is 0 Å². The molecule has 2 aromatic rings. The predicted molar refractivity (Wildman–Crippen MR) is 90.3 cm³/mol. The Bertz CT molecular complexity index is 693. The molecular formula is C19H25FN2O. The summed E-state index contributed by atoms with van der Waals surface area (Å²) in [7, 11) is 1.62. The van der Waals surface area contributed by atoms with Gasteiger partial charge in [-0.25, -0.2) is 4.39 Å². The fourth-order valence-electron chi connectivity index (χ4n) is 2.63. The van der Waals surface area contributed by atoms with Crippen LogP contribution in [0.2, 0.25) is 0 Å². The highest BCUT2D eigenvalue weighted by Crippen LogP contribution is 2.23. The molecular weight excluding hydrogens is 290 g/mol. The summed E-state index contributed by atoms with van der Waals surface area (Å²) in [5, 5.41) is 4.06. The molecule has 0 unspecified atom stereocenters. The zero-order chi connectivity index (χ0) is 17.2. The minimum atomic E-state index is -0.469. The molecule has 2 rings (SSSR count). The molecule has 0 saturated heterocycles. The number of ketones is 1. The Hall–Kier alpha value is -1.97. The van der Waals surface area contributed by atoms with E-state index in [-0.39, 0.29) is 23.3 Å². The number of aryl methyl sites for hydroxylation is 3. The Kier molecular flexibility index (Phi) is 5.03. The maximum Gasteiger partial charge on any atom is 0.184 e. The highest BCUT2D eigenvalue weighted by atomic mass is 18.2. The third-order valence-corrected chi connectivity index (χ3v) is 4.12. The van der Waals surface area contributed by atoms with Gasteiger partial charge in [-0.2, -0.15) is 5.10 Å². The van der Waals surface area contributed by atoms with Gasteiger partial charge in [0.05, 0.1) is 5.69 Å². The van der Waals surface area contributed by atoms with Crippen LogP contribution in [0.5, 0.6) is 0 Å². The standard InChI is InChI=1S/C19H25FN2O/c1-6-15-17(20)18(22(5)21-15)16(23)12-9-13-7-10-14(11-8-13)19(2,3)4/h7-8,10-11H,6,9,12H2,1-5H3/i20-1. The monoisotopic (exact) mass is 315 g/mol. The lowest BCUT2D eigenvalue weighted by atomic mass is 9.86. The van der Waals surface area contributed by atoms with Crippen LogP contribution in [0.1, 0.15) is 61.4 Å². The van der Waals surface area contributed by atoms with Crippen LogP contribution in [0.4, 0.5) is 4.39 Å². The Balaban J connectivity index is 2.06. The van der Waals surface area contributed by atoms with Crippen LogP contribution in [-0.2, 0) is 25.3 Å². The molecule has 0 aliphatic rings. The molecule has 0 saturated carbocycles. The third-order valence-electron chi connectivity index (χ3n) is 4.12. The summed E-state index contributed by atoms with van der Waals surface area (Å²) in [6.07, 6.45) is 1.38. The molecule has 0 radical (unpaired) electrons. The summed E-state index contributed by atoms with van der Waals surface area (Å²) in [5.74, 6) is -0.667. The summed E-state index contributed by atoms with van der Waals surface area (Å²) in [4.78, 5) is 12.3. The van der Waals surface area contributed by atoms with Gasteiger partial charge in [0.1, 0.15) is 5.69 Å². The zero-order valence-corrected chi connectivity index (χ0v) is 14.6.